The summed E-state index contributed by atoms with van der Waals surface area (Å²) in [6, 6.07) is 14.8. The minimum atomic E-state index is 0.845. The molecule has 0 aliphatic heterocycles. The molecule has 1 aliphatic carbocycles. The highest BCUT2D eigenvalue weighted by molar-refractivity contribution is 6.14. The van der Waals surface area contributed by atoms with E-state index >= 15 is 0 Å². The van der Waals surface area contributed by atoms with Gasteiger partial charge in [0, 0.05) is 5.56 Å². The molecule has 98 valence electrons. The standard InChI is InChI=1S/C19H16O/c20-12-15-11-14-6-2-3-7-16(14)18-10-9-13-5-1-4-8-17(13)19(15)18/h2-3,6-7,9-12H,1,4-5,8H2. The van der Waals surface area contributed by atoms with E-state index in [1.165, 1.54) is 40.1 Å². The predicted octanol–water partition coefficient (Wildman–Crippen LogP) is 4.68. The first kappa shape index (κ1) is 11.7. The highest BCUT2D eigenvalue weighted by atomic mass is 16.1. The first-order chi connectivity index (χ1) is 9.88. The SMILES string of the molecule is O=Cc1cc2ccccc2c2ccc3c(c12)CCCC3. The number of hydrogen-bond acceptors (Lipinski definition) is 1. The Morgan fingerprint density at radius 3 is 2.65 bits per heavy atom. The summed E-state index contributed by atoms with van der Waals surface area (Å²) in [7, 11) is 0. The summed E-state index contributed by atoms with van der Waals surface area (Å²) in [6.45, 7) is 0. The number of aryl methyl sites for hydroxylation is 2. The Hall–Kier alpha value is -2.15. The maximum Gasteiger partial charge on any atom is 0.150 e. The van der Waals surface area contributed by atoms with Crippen LogP contribution in [-0.2, 0) is 12.8 Å². The smallest absolute Gasteiger partial charge is 0.150 e. The van der Waals surface area contributed by atoms with Crippen molar-refractivity contribution in [2.45, 2.75) is 25.7 Å². The largest absolute Gasteiger partial charge is 0.298 e. The summed E-state index contributed by atoms with van der Waals surface area (Å²) >= 11 is 0. The highest BCUT2D eigenvalue weighted by Crippen LogP contribution is 2.35. The lowest BCUT2D eigenvalue weighted by Gasteiger charge is -2.20. The average Bonchev–Trinajstić information content (AvgIpc) is 2.53. The highest BCUT2D eigenvalue weighted by Gasteiger charge is 2.16. The van der Waals surface area contributed by atoms with Gasteiger partial charge in [0.2, 0.25) is 0 Å². The summed E-state index contributed by atoms with van der Waals surface area (Å²) in [6.07, 6.45) is 5.77. The van der Waals surface area contributed by atoms with Gasteiger partial charge in [-0.15, -0.1) is 0 Å². The Morgan fingerprint density at radius 2 is 1.75 bits per heavy atom. The minimum absolute atomic E-state index is 0.845. The molecule has 3 aromatic carbocycles. The molecule has 0 N–H and O–H groups in total. The first-order valence-corrected chi connectivity index (χ1v) is 7.30. The van der Waals surface area contributed by atoms with Crippen molar-refractivity contribution in [1.29, 1.82) is 0 Å². The molecule has 1 aliphatic rings. The van der Waals surface area contributed by atoms with E-state index in [1.54, 1.807) is 0 Å². The van der Waals surface area contributed by atoms with Crippen molar-refractivity contribution in [1.82, 2.24) is 0 Å². The second-order valence-corrected chi connectivity index (χ2v) is 5.64. The molecular formula is C19H16O. The molecule has 0 fully saturated rings. The fourth-order valence-electron chi connectivity index (χ4n) is 3.58. The van der Waals surface area contributed by atoms with E-state index in [-0.39, 0.29) is 0 Å². The number of carbonyl (C=O) groups is 1. The third kappa shape index (κ3) is 1.59. The number of hydrogen-bond donors (Lipinski definition) is 0. The van der Waals surface area contributed by atoms with Crippen LogP contribution in [0.5, 0.6) is 0 Å². The molecule has 4 rings (SSSR count). The van der Waals surface area contributed by atoms with E-state index in [4.69, 9.17) is 0 Å². The molecular weight excluding hydrogens is 244 g/mol. The van der Waals surface area contributed by atoms with Crippen molar-refractivity contribution in [2.24, 2.45) is 0 Å². The zero-order chi connectivity index (χ0) is 13.5. The molecule has 0 amide bonds. The van der Waals surface area contributed by atoms with Crippen molar-refractivity contribution in [2.75, 3.05) is 0 Å². The van der Waals surface area contributed by atoms with Gasteiger partial charge in [0.15, 0.2) is 6.29 Å². The predicted molar refractivity (Wildman–Crippen MR) is 83.5 cm³/mol. The molecule has 0 atom stereocenters. The Labute approximate surface area is 118 Å². The fraction of sp³-hybridized carbons (Fsp3) is 0.211. The summed E-state index contributed by atoms with van der Waals surface area (Å²) < 4.78 is 0. The maximum absolute atomic E-state index is 11.5. The lowest BCUT2D eigenvalue weighted by atomic mass is 9.84. The Balaban J connectivity index is 2.22. The monoisotopic (exact) mass is 260 g/mol. The van der Waals surface area contributed by atoms with E-state index in [0.29, 0.717) is 0 Å². The van der Waals surface area contributed by atoms with Gasteiger partial charge in [-0.05, 0) is 64.4 Å². The Kier molecular flexibility index (Phi) is 2.59. The van der Waals surface area contributed by atoms with Gasteiger partial charge in [0.25, 0.3) is 0 Å². The van der Waals surface area contributed by atoms with Crippen LogP contribution in [0.15, 0.2) is 42.5 Å². The van der Waals surface area contributed by atoms with Gasteiger partial charge in [-0.2, -0.15) is 0 Å². The van der Waals surface area contributed by atoms with Gasteiger partial charge in [0.05, 0.1) is 0 Å². The maximum atomic E-state index is 11.5. The molecule has 0 heterocycles. The molecule has 0 aromatic heterocycles. The van der Waals surface area contributed by atoms with E-state index in [1.807, 2.05) is 12.1 Å². The molecule has 3 aromatic rings. The van der Waals surface area contributed by atoms with Crippen LogP contribution in [0.4, 0.5) is 0 Å². The number of carbonyl (C=O) groups excluding carboxylic acids is 1. The number of rotatable bonds is 1. The molecule has 0 radical (unpaired) electrons. The summed E-state index contributed by atoms with van der Waals surface area (Å²) in [5.41, 5.74) is 3.68. The zero-order valence-electron chi connectivity index (χ0n) is 11.4. The van der Waals surface area contributed by atoms with Crippen LogP contribution in [0.1, 0.15) is 34.3 Å². The molecule has 0 saturated carbocycles. The second kappa shape index (κ2) is 4.45. The molecule has 0 bridgehead atoms. The lowest BCUT2D eigenvalue weighted by Crippen LogP contribution is -2.04. The molecule has 0 unspecified atom stereocenters. The van der Waals surface area contributed by atoms with Gasteiger partial charge < -0.3 is 0 Å². The zero-order valence-corrected chi connectivity index (χ0v) is 11.4. The number of benzene rings is 3. The summed E-state index contributed by atoms with van der Waals surface area (Å²) in [5.74, 6) is 0. The molecule has 1 nitrogen and oxygen atoms in total. The average molecular weight is 260 g/mol. The lowest BCUT2D eigenvalue weighted by molar-refractivity contribution is 0.112. The van der Waals surface area contributed by atoms with Crippen LogP contribution in [-0.4, -0.2) is 6.29 Å². The minimum Gasteiger partial charge on any atom is -0.298 e. The molecule has 1 heteroatoms. The summed E-state index contributed by atoms with van der Waals surface area (Å²) in [4.78, 5) is 11.5. The van der Waals surface area contributed by atoms with Crippen LogP contribution < -0.4 is 0 Å². The topological polar surface area (TPSA) is 17.1 Å². The third-order valence-corrected chi connectivity index (χ3v) is 4.51. The van der Waals surface area contributed by atoms with Crippen LogP contribution in [0, 0.1) is 0 Å². The van der Waals surface area contributed by atoms with Crippen molar-refractivity contribution >= 4 is 27.8 Å². The van der Waals surface area contributed by atoms with E-state index in [2.05, 4.69) is 30.3 Å². The number of fused-ring (bicyclic) bond motifs is 5. The Morgan fingerprint density at radius 1 is 0.900 bits per heavy atom. The van der Waals surface area contributed by atoms with Crippen molar-refractivity contribution in [3.63, 3.8) is 0 Å². The van der Waals surface area contributed by atoms with Gasteiger partial charge in [-0.1, -0.05) is 36.4 Å². The first-order valence-electron chi connectivity index (χ1n) is 7.30. The van der Waals surface area contributed by atoms with Gasteiger partial charge in [0.1, 0.15) is 0 Å². The van der Waals surface area contributed by atoms with Gasteiger partial charge >= 0.3 is 0 Å². The molecule has 0 saturated heterocycles. The van der Waals surface area contributed by atoms with E-state index in [0.717, 1.165) is 30.1 Å². The van der Waals surface area contributed by atoms with Crippen LogP contribution in [0.25, 0.3) is 21.5 Å². The van der Waals surface area contributed by atoms with Crippen molar-refractivity contribution in [3.8, 4) is 0 Å². The van der Waals surface area contributed by atoms with Crippen LogP contribution in [0.3, 0.4) is 0 Å². The van der Waals surface area contributed by atoms with Crippen molar-refractivity contribution in [3.05, 3.63) is 59.2 Å². The molecule has 0 spiro atoms. The quantitative estimate of drug-likeness (QED) is 0.458. The fourth-order valence-corrected chi connectivity index (χ4v) is 3.58. The van der Waals surface area contributed by atoms with Gasteiger partial charge in [-0.3, -0.25) is 4.79 Å². The third-order valence-electron chi connectivity index (χ3n) is 4.51. The number of aldehydes is 1. The van der Waals surface area contributed by atoms with Gasteiger partial charge in [-0.25, -0.2) is 0 Å². The normalized spacial score (nSPS) is 14.4. The summed E-state index contributed by atoms with van der Waals surface area (Å²) in [5, 5.41) is 4.82. The van der Waals surface area contributed by atoms with Crippen LogP contribution in [0.2, 0.25) is 0 Å². The van der Waals surface area contributed by atoms with E-state index < -0.39 is 0 Å². The second-order valence-electron chi connectivity index (χ2n) is 5.64. The van der Waals surface area contributed by atoms with Crippen molar-refractivity contribution < 1.29 is 4.79 Å². The van der Waals surface area contributed by atoms with E-state index in [9.17, 15) is 4.79 Å². The Bertz CT molecular complexity index is 830. The van der Waals surface area contributed by atoms with Crippen LogP contribution >= 0.6 is 0 Å². The molecule has 20 heavy (non-hydrogen) atoms.